The number of likely N-dealkylation sites (tertiary alicyclic amines) is 1. The highest BCUT2D eigenvalue weighted by molar-refractivity contribution is 5.94. The first-order valence-electron chi connectivity index (χ1n) is 7.53. The van der Waals surface area contributed by atoms with Crippen LogP contribution in [0.2, 0.25) is 0 Å². The molecule has 1 fully saturated rings. The molecule has 0 radical (unpaired) electrons. The summed E-state index contributed by atoms with van der Waals surface area (Å²) in [4.78, 5) is 14.4. The first kappa shape index (κ1) is 16.5. The van der Waals surface area contributed by atoms with Crippen LogP contribution in [0, 0.1) is 16.7 Å². The number of hydrogen-bond donors (Lipinski definition) is 1. The maximum Gasteiger partial charge on any atom is 0.253 e. The second kappa shape index (κ2) is 7.39. The lowest BCUT2D eigenvalue weighted by atomic mass is 9.78. The van der Waals surface area contributed by atoms with Crippen molar-refractivity contribution in [2.45, 2.75) is 19.3 Å². The minimum Gasteiger partial charge on any atom is -0.396 e. The molecule has 1 aromatic carbocycles. The lowest BCUT2D eigenvalue weighted by Crippen LogP contribution is -2.48. The molecule has 0 unspecified atom stereocenters. The van der Waals surface area contributed by atoms with Crippen molar-refractivity contribution in [1.29, 1.82) is 5.26 Å². The van der Waals surface area contributed by atoms with Crippen LogP contribution in [0.5, 0.6) is 0 Å². The highest BCUT2D eigenvalue weighted by Gasteiger charge is 2.36. The number of carbonyl (C=O) groups excluding carboxylic acids is 1. The van der Waals surface area contributed by atoms with E-state index in [4.69, 9.17) is 10.00 Å². The zero-order chi connectivity index (χ0) is 16.0. The van der Waals surface area contributed by atoms with E-state index in [0.717, 1.165) is 19.3 Å². The second-order valence-electron chi connectivity index (χ2n) is 5.92. The van der Waals surface area contributed by atoms with Gasteiger partial charge in [0.2, 0.25) is 0 Å². The lowest BCUT2D eigenvalue weighted by molar-refractivity contribution is 0.00898. The molecule has 1 N–H and O–H groups in total. The minimum absolute atomic E-state index is 0.0539. The van der Waals surface area contributed by atoms with Gasteiger partial charge in [0.05, 0.1) is 18.2 Å². The van der Waals surface area contributed by atoms with Crippen LogP contribution in [0.3, 0.4) is 0 Å². The van der Waals surface area contributed by atoms with Gasteiger partial charge in [0.1, 0.15) is 0 Å². The SMILES string of the molecule is COCC[C@]1(CO)CCCN(C(=O)c2cccc(C#N)c2)C1. The van der Waals surface area contributed by atoms with Gasteiger partial charge >= 0.3 is 0 Å². The number of aliphatic hydroxyl groups excluding tert-OH is 1. The van der Waals surface area contributed by atoms with Gasteiger partial charge in [0.25, 0.3) is 5.91 Å². The van der Waals surface area contributed by atoms with E-state index in [9.17, 15) is 9.90 Å². The molecule has 0 bridgehead atoms. The fourth-order valence-corrected chi connectivity index (χ4v) is 3.02. The predicted molar refractivity (Wildman–Crippen MR) is 82.3 cm³/mol. The summed E-state index contributed by atoms with van der Waals surface area (Å²) in [6.07, 6.45) is 2.50. The van der Waals surface area contributed by atoms with Crippen LogP contribution in [0.25, 0.3) is 0 Å². The topological polar surface area (TPSA) is 73.6 Å². The Morgan fingerprint density at radius 3 is 3.05 bits per heavy atom. The number of piperidine rings is 1. The Morgan fingerprint density at radius 1 is 1.55 bits per heavy atom. The fourth-order valence-electron chi connectivity index (χ4n) is 3.02. The van der Waals surface area contributed by atoms with Gasteiger partial charge in [-0.2, -0.15) is 5.26 Å². The number of hydrogen-bond acceptors (Lipinski definition) is 4. The molecular weight excluding hydrogens is 280 g/mol. The number of amides is 1. The number of rotatable bonds is 5. The van der Waals surface area contributed by atoms with Gasteiger partial charge in [0, 0.05) is 37.8 Å². The van der Waals surface area contributed by atoms with Crippen molar-refractivity contribution in [2.24, 2.45) is 5.41 Å². The van der Waals surface area contributed by atoms with E-state index in [1.807, 2.05) is 0 Å². The first-order valence-corrected chi connectivity index (χ1v) is 7.53. The highest BCUT2D eigenvalue weighted by Crippen LogP contribution is 2.33. The Kier molecular flexibility index (Phi) is 5.53. The van der Waals surface area contributed by atoms with Crippen LogP contribution in [-0.2, 0) is 4.74 Å². The monoisotopic (exact) mass is 302 g/mol. The van der Waals surface area contributed by atoms with E-state index >= 15 is 0 Å². The number of carbonyl (C=O) groups is 1. The molecule has 1 aliphatic heterocycles. The van der Waals surface area contributed by atoms with Crippen LogP contribution in [0.1, 0.15) is 35.2 Å². The zero-order valence-electron chi connectivity index (χ0n) is 12.9. The van der Waals surface area contributed by atoms with Gasteiger partial charge in [-0.15, -0.1) is 0 Å². The van der Waals surface area contributed by atoms with Crippen molar-refractivity contribution in [2.75, 3.05) is 33.4 Å². The van der Waals surface area contributed by atoms with Crippen molar-refractivity contribution in [3.05, 3.63) is 35.4 Å². The van der Waals surface area contributed by atoms with Crippen molar-refractivity contribution >= 4 is 5.91 Å². The van der Waals surface area contributed by atoms with Gasteiger partial charge in [-0.1, -0.05) is 6.07 Å². The molecule has 1 aromatic rings. The van der Waals surface area contributed by atoms with Crippen LogP contribution in [-0.4, -0.2) is 49.3 Å². The molecule has 0 aromatic heterocycles. The summed E-state index contributed by atoms with van der Waals surface area (Å²) in [5.74, 6) is -0.0768. The van der Waals surface area contributed by atoms with Gasteiger partial charge in [-0.25, -0.2) is 0 Å². The number of methoxy groups -OCH3 is 1. The van der Waals surface area contributed by atoms with E-state index in [1.54, 1.807) is 36.3 Å². The quantitative estimate of drug-likeness (QED) is 0.900. The Hall–Kier alpha value is -1.90. The molecule has 0 saturated carbocycles. The summed E-state index contributed by atoms with van der Waals surface area (Å²) < 4.78 is 5.13. The number of ether oxygens (including phenoxy) is 1. The standard InChI is InChI=1S/C17H22N2O3/c1-22-9-7-17(13-20)6-3-8-19(12-17)16(21)15-5-2-4-14(10-15)11-18/h2,4-5,10,20H,3,6-9,12-13H2,1H3/t17-/m1/s1. The van der Waals surface area contributed by atoms with E-state index < -0.39 is 0 Å². The third-order valence-corrected chi connectivity index (χ3v) is 4.36. The molecule has 0 aliphatic carbocycles. The van der Waals surface area contributed by atoms with Crippen LogP contribution >= 0.6 is 0 Å². The van der Waals surface area contributed by atoms with Crippen molar-refractivity contribution in [1.82, 2.24) is 4.90 Å². The Balaban J connectivity index is 2.14. The second-order valence-corrected chi connectivity index (χ2v) is 5.92. The number of aliphatic hydroxyl groups is 1. The molecule has 2 rings (SSSR count). The number of nitrogens with zero attached hydrogens (tertiary/aromatic N) is 2. The maximum atomic E-state index is 12.6. The van der Waals surface area contributed by atoms with Gasteiger partial charge in [-0.05, 0) is 37.5 Å². The van der Waals surface area contributed by atoms with Crippen LogP contribution in [0.15, 0.2) is 24.3 Å². The third kappa shape index (κ3) is 3.65. The molecule has 22 heavy (non-hydrogen) atoms. The summed E-state index contributed by atoms with van der Waals surface area (Å²) in [5.41, 5.74) is 0.728. The van der Waals surface area contributed by atoms with Gasteiger partial charge < -0.3 is 14.7 Å². The number of benzene rings is 1. The van der Waals surface area contributed by atoms with E-state index in [1.165, 1.54) is 0 Å². The molecule has 1 aliphatic rings. The molecule has 1 heterocycles. The molecule has 118 valence electrons. The summed E-state index contributed by atoms with van der Waals surface area (Å²) in [6, 6.07) is 8.81. The summed E-state index contributed by atoms with van der Waals surface area (Å²) >= 11 is 0. The smallest absolute Gasteiger partial charge is 0.253 e. The maximum absolute atomic E-state index is 12.6. The molecule has 1 saturated heterocycles. The minimum atomic E-state index is -0.281. The van der Waals surface area contributed by atoms with Crippen molar-refractivity contribution in [3.63, 3.8) is 0 Å². The zero-order valence-corrected chi connectivity index (χ0v) is 12.9. The van der Waals surface area contributed by atoms with Gasteiger partial charge in [-0.3, -0.25) is 4.79 Å². The molecule has 5 heteroatoms. The Morgan fingerprint density at radius 2 is 2.36 bits per heavy atom. The normalized spacial score (nSPS) is 21.4. The average molecular weight is 302 g/mol. The lowest BCUT2D eigenvalue weighted by Gasteiger charge is -2.41. The third-order valence-electron chi connectivity index (χ3n) is 4.36. The average Bonchev–Trinajstić information content (AvgIpc) is 2.59. The number of nitriles is 1. The fraction of sp³-hybridized carbons (Fsp3) is 0.529. The van der Waals surface area contributed by atoms with E-state index in [-0.39, 0.29) is 17.9 Å². The first-order chi connectivity index (χ1) is 10.6. The molecule has 5 nitrogen and oxygen atoms in total. The van der Waals surface area contributed by atoms with Crippen LogP contribution in [0.4, 0.5) is 0 Å². The Bertz CT molecular complexity index is 567. The Labute approximate surface area is 131 Å². The van der Waals surface area contributed by atoms with Gasteiger partial charge in [0.15, 0.2) is 0 Å². The molecular formula is C17H22N2O3. The van der Waals surface area contributed by atoms with E-state index in [2.05, 4.69) is 6.07 Å². The molecule has 0 spiro atoms. The largest absolute Gasteiger partial charge is 0.396 e. The summed E-state index contributed by atoms with van der Waals surface area (Å²) in [5, 5.41) is 18.7. The summed E-state index contributed by atoms with van der Waals surface area (Å²) in [7, 11) is 1.64. The highest BCUT2D eigenvalue weighted by atomic mass is 16.5. The summed E-state index contributed by atoms with van der Waals surface area (Å²) in [6.45, 7) is 1.84. The van der Waals surface area contributed by atoms with E-state index in [0.29, 0.717) is 30.8 Å². The molecule has 1 amide bonds. The predicted octanol–water partition coefficient (Wildman–Crippen LogP) is 1.81. The van der Waals surface area contributed by atoms with Crippen molar-refractivity contribution < 1.29 is 14.6 Å². The van der Waals surface area contributed by atoms with Crippen LogP contribution < -0.4 is 0 Å². The van der Waals surface area contributed by atoms with Crippen molar-refractivity contribution in [3.8, 4) is 6.07 Å². The molecule has 1 atom stereocenters.